The predicted octanol–water partition coefficient (Wildman–Crippen LogP) is -3.06. The van der Waals surface area contributed by atoms with Gasteiger partial charge in [0.1, 0.15) is 42.3 Å². The number of para-hydroxylation sites is 7. The molecule has 46 nitrogen and oxygen atoms in total. The van der Waals surface area contributed by atoms with E-state index >= 15 is 19.2 Å². The molecule has 0 aliphatic heterocycles. The SMILES string of the molecule is CN(CC(=O)N[C@H](Cn1c(=O)[nH]c2ccccc2c1=O)C(=O)N[C@H](Cn1c(=O)[nH]c2ccccc2c1=O)C(=O)N[C@H](Cn1c(=O)[nH]c2ccccc2c1=O)C(=O)N[C@@H](CCCNC(=N)N)C(=O)N[C@@H](CCCCNC(=O)c1c2ccccc2nc2ccccc12)C(N)=O)C(=O)[C@@H](Cn1ccc(=O)[nH]c1=O)NC(=O)[C@H](CCCNC(=N)N)NC(=O)CNC(=O)c1c2ccccc2nc2ccccc12. The number of nitrogens with two attached hydrogens (primary N) is 3. The van der Waals surface area contributed by atoms with Crippen molar-refractivity contribution in [3.63, 3.8) is 0 Å². The lowest BCUT2D eigenvalue weighted by atomic mass is 10.0. The molecule has 7 atom stereocenters. The fourth-order valence-electron chi connectivity index (χ4n) is 15.7. The lowest BCUT2D eigenvalue weighted by Crippen LogP contribution is -2.62. The van der Waals surface area contributed by atoms with Crippen LogP contribution in [0.3, 0.4) is 0 Å². The van der Waals surface area contributed by atoms with Crippen LogP contribution >= 0.6 is 0 Å². The molecular weight excluding hydrogens is 1780 g/mol. The Morgan fingerprint density at radius 2 is 0.693 bits per heavy atom. The van der Waals surface area contributed by atoms with Crippen LogP contribution in [0.4, 0.5) is 0 Å². The summed E-state index contributed by atoms with van der Waals surface area (Å²) in [6.45, 7) is -6.34. The smallest absolute Gasteiger partial charge is 0.328 e. The normalized spacial score (nSPS) is 12.8. The molecule has 0 unspecified atom stereocenters. The standard InChI is InChI=1S/C91H95N27O19/c1-114(85(133)68(43-115-41-37-69(119)113-88(115)134)109-75(123)63(35-18-39-98-86(93)94)103-70(120)42-100-81(129)73-50-22-4-11-29-57(50)102-58-30-12-5-23-51(58)73)47-71(121)104-65(44-116-82(130)52-24-6-13-31-59(52)110-89(116)135)77(125)107-67(46-118-84(132)54-26-8-15-33-61(54)112-91(118)137)79(127)108-66(45-117-83(131)53-25-7-14-32-60(53)111-90(117)136)78(126)106-64(36-19-40-99-87(95)96)76(124)105-62(74(92)122)34-16-17-38-97-80(128)72-48-20-2-9-27-55(48)101-56-28-10-3-21-49(56)72/h2-15,20-33,37,41,62-68H,16-19,34-36,38-40,42-47H2,1H3,(H2,92,122)(H,97,128)(H,100,129)(H,103,120)(H,104,121)(H,105,124)(H,106,126)(H,107,125)(H,108,127)(H,109,123)(H,110,135)(H,111,136)(H,112,137)(H4,93,94,98)(H4,95,96,99)(H,113,119,134)/t62-,63-,64-,65+,66+,67+,68+/m0/s1. The second-order valence-corrected chi connectivity index (χ2v) is 32.0. The van der Waals surface area contributed by atoms with Gasteiger partial charge in [-0.25, -0.2) is 29.1 Å². The first kappa shape index (κ1) is 96.6. The maximum Gasteiger partial charge on any atom is 0.328 e. The molecule has 46 heteroatoms. The number of likely N-dealkylation sites (N-methyl/N-ethyl adjacent to an activating group) is 1. The summed E-state index contributed by atoms with van der Waals surface area (Å²) in [4.78, 5) is 294. The van der Waals surface area contributed by atoms with E-state index in [0.717, 1.165) is 23.9 Å². The second-order valence-electron chi connectivity index (χ2n) is 32.0. The van der Waals surface area contributed by atoms with Gasteiger partial charge in [0.15, 0.2) is 11.9 Å². The van der Waals surface area contributed by atoms with Crippen LogP contribution in [-0.2, 0) is 69.3 Å². The van der Waals surface area contributed by atoms with E-state index in [9.17, 15) is 71.9 Å². The molecule has 0 radical (unpaired) electrons. The van der Waals surface area contributed by atoms with Crippen molar-refractivity contribution in [1.29, 1.82) is 10.8 Å². The Morgan fingerprint density at radius 3 is 1.10 bits per heavy atom. The molecule has 6 heterocycles. The monoisotopic (exact) mass is 1870 g/mol. The average molecular weight is 1870 g/mol. The second kappa shape index (κ2) is 43.9. The molecule has 0 aliphatic carbocycles. The molecule has 0 aliphatic rings. The molecule has 7 aromatic carbocycles. The lowest BCUT2D eigenvalue weighted by molar-refractivity contribution is -0.140. The highest BCUT2D eigenvalue weighted by Gasteiger charge is 2.37. The maximum absolute atomic E-state index is 15.8. The summed E-state index contributed by atoms with van der Waals surface area (Å²) in [5, 5.41) is 44.9. The van der Waals surface area contributed by atoms with Crippen LogP contribution in [0.1, 0.15) is 65.7 Å². The molecule has 708 valence electrons. The molecule has 0 saturated heterocycles. The molecule has 23 N–H and O–H groups in total. The Hall–Kier alpha value is -17.9. The van der Waals surface area contributed by atoms with Crippen molar-refractivity contribution >= 4 is 153 Å². The Labute approximate surface area is 771 Å². The van der Waals surface area contributed by atoms with Gasteiger partial charge in [-0.15, -0.1) is 0 Å². The predicted molar refractivity (Wildman–Crippen MR) is 503 cm³/mol. The van der Waals surface area contributed by atoms with Gasteiger partial charge in [-0.3, -0.25) is 106 Å². The topological polar surface area (TPSA) is 694 Å². The van der Waals surface area contributed by atoms with E-state index in [1.54, 1.807) is 97.1 Å². The molecule has 0 saturated carbocycles. The number of amides is 11. The summed E-state index contributed by atoms with van der Waals surface area (Å²) in [6.07, 6.45) is 0.506. The summed E-state index contributed by atoms with van der Waals surface area (Å²) in [7, 11) is 1.01. The summed E-state index contributed by atoms with van der Waals surface area (Å²) in [5.74, 6) is -13.3. The average Bonchev–Trinajstić information content (AvgIpc) is 0.773. The van der Waals surface area contributed by atoms with E-state index in [1.165, 1.54) is 72.8 Å². The number of benzene rings is 7. The van der Waals surface area contributed by atoms with E-state index in [1.807, 2.05) is 4.98 Å². The largest absolute Gasteiger partial charge is 0.370 e. The van der Waals surface area contributed by atoms with Crippen LogP contribution in [0.25, 0.3) is 76.3 Å². The first-order valence-electron chi connectivity index (χ1n) is 43.1. The van der Waals surface area contributed by atoms with E-state index in [4.69, 9.17) is 28.0 Å². The van der Waals surface area contributed by atoms with Crippen LogP contribution in [-0.4, -0.2) is 212 Å². The number of nitrogens with zero attached hydrogens (tertiary/aromatic N) is 7. The van der Waals surface area contributed by atoms with Gasteiger partial charge in [0, 0.05) is 60.5 Å². The highest BCUT2D eigenvalue weighted by Crippen LogP contribution is 2.28. The van der Waals surface area contributed by atoms with Crippen LogP contribution in [0.2, 0.25) is 0 Å². The minimum atomic E-state index is -2.40. The third-order valence-electron chi connectivity index (χ3n) is 22.5. The first-order chi connectivity index (χ1) is 65.8. The summed E-state index contributed by atoms with van der Waals surface area (Å²) in [5.41, 5.74) is 10.9. The van der Waals surface area contributed by atoms with Crippen molar-refractivity contribution in [3.05, 3.63) is 277 Å². The van der Waals surface area contributed by atoms with Crippen molar-refractivity contribution in [2.45, 2.75) is 113 Å². The molecule has 6 aromatic heterocycles. The van der Waals surface area contributed by atoms with Crippen molar-refractivity contribution in [2.75, 3.05) is 39.8 Å². The van der Waals surface area contributed by atoms with Gasteiger partial charge in [0.25, 0.3) is 34.1 Å². The van der Waals surface area contributed by atoms with Crippen molar-refractivity contribution in [1.82, 2.24) is 112 Å². The molecule has 137 heavy (non-hydrogen) atoms. The highest BCUT2D eigenvalue weighted by molar-refractivity contribution is 6.18. The fraction of sp³-hybridized carbons (Fsp3) is 0.264. The van der Waals surface area contributed by atoms with Gasteiger partial charge in [0.2, 0.25) is 53.2 Å². The molecule has 11 amide bonds. The number of carbonyl (C=O) groups is 11. The number of carbonyl (C=O) groups excluding carboxylic acids is 11. The van der Waals surface area contributed by atoms with Gasteiger partial charge < -0.3 is 95.5 Å². The summed E-state index contributed by atoms with van der Waals surface area (Å²) >= 11 is 0. The Bertz CT molecular complexity index is 7380. The number of aromatic nitrogens is 10. The summed E-state index contributed by atoms with van der Waals surface area (Å²) < 4.78 is 2.22. The van der Waals surface area contributed by atoms with Gasteiger partial charge in [-0.05, 0) is 106 Å². The van der Waals surface area contributed by atoms with Crippen LogP contribution in [0.5, 0.6) is 0 Å². The third kappa shape index (κ3) is 23.7. The molecule has 13 aromatic rings. The van der Waals surface area contributed by atoms with E-state index in [-0.39, 0.29) is 103 Å². The molecule has 13 rings (SSSR count). The molecular formula is C91H95N27O19. The number of fused-ring (bicyclic) bond motifs is 7. The number of nitrogens with one attached hydrogen (secondary N) is 17. The number of pyridine rings is 2. The quantitative estimate of drug-likeness (QED) is 0.00783. The zero-order chi connectivity index (χ0) is 97.8. The fourth-order valence-corrected chi connectivity index (χ4v) is 15.7. The summed E-state index contributed by atoms with van der Waals surface area (Å²) in [6, 6.07) is 31.7. The van der Waals surface area contributed by atoms with Gasteiger partial charge in [0.05, 0.1) is 105 Å². The highest BCUT2D eigenvalue weighted by atomic mass is 16.2. The van der Waals surface area contributed by atoms with Crippen LogP contribution in [0.15, 0.2) is 220 Å². The van der Waals surface area contributed by atoms with Crippen LogP contribution < -0.4 is 121 Å². The zero-order valence-corrected chi connectivity index (χ0v) is 73.3. The minimum absolute atomic E-state index is 0.000511. The van der Waals surface area contributed by atoms with E-state index in [2.05, 4.69) is 83.4 Å². The Kier molecular flexibility index (Phi) is 31.0. The number of primary amides is 1. The number of H-pyrrole nitrogens is 4. The Balaban J connectivity index is 0.790. The Morgan fingerprint density at radius 1 is 0.358 bits per heavy atom. The number of aromatic amines is 4. The minimum Gasteiger partial charge on any atom is -0.370 e. The number of rotatable bonds is 41. The van der Waals surface area contributed by atoms with Crippen LogP contribution in [0, 0.1) is 10.8 Å². The number of unbranched alkanes of at least 4 members (excludes halogenated alkanes) is 1. The number of hydrogen-bond acceptors (Lipinski definition) is 23. The molecule has 0 bridgehead atoms. The van der Waals surface area contributed by atoms with Gasteiger partial charge >= 0.3 is 22.8 Å². The van der Waals surface area contributed by atoms with Crippen molar-refractivity contribution in [3.8, 4) is 0 Å². The van der Waals surface area contributed by atoms with Gasteiger partial charge in [-0.2, -0.15) is 0 Å². The zero-order valence-electron chi connectivity index (χ0n) is 73.3. The van der Waals surface area contributed by atoms with Gasteiger partial charge in [-0.1, -0.05) is 109 Å². The third-order valence-corrected chi connectivity index (χ3v) is 22.5. The number of hydrogen-bond donors (Lipinski definition) is 20. The molecule has 0 spiro atoms. The van der Waals surface area contributed by atoms with Crippen molar-refractivity contribution < 1.29 is 52.7 Å². The first-order valence-corrected chi connectivity index (χ1v) is 43.1. The van der Waals surface area contributed by atoms with E-state index in [0.29, 0.717) is 67.8 Å². The van der Waals surface area contributed by atoms with E-state index < -0.39 is 203 Å². The lowest BCUT2D eigenvalue weighted by Gasteiger charge is -2.28. The van der Waals surface area contributed by atoms with Crippen molar-refractivity contribution in [2.24, 2.45) is 17.2 Å². The number of guanidine groups is 2. The molecule has 0 fully saturated rings. The maximum atomic E-state index is 15.8.